The van der Waals surface area contributed by atoms with Crippen LogP contribution < -0.4 is 10.1 Å². The van der Waals surface area contributed by atoms with Crippen molar-refractivity contribution in [2.24, 2.45) is 0 Å². The van der Waals surface area contributed by atoms with E-state index in [-0.39, 0.29) is 11.7 Å². The molecule has 0 bridgehead atoms. The number of hydrogen-bond donors (Lipinski definition) is 1. The average Bonchev–Trinajstić information content (AvgIpc) is 3.07. The number of amides is 1. The number of hydrogen-bond acceptors (Lipinski definition) is 5. The van der Waals surface area contributed by atoms with Gasteiger partial charge in [-0.05, 0) is 37.6 Å². The Kier molecular flexibility index (Phi) is 6.93. The molecule has 0 aliphatic heterocycles. The fraction of sp³-hybridized carbons (Fsp3) is 0.412. The second-order valence-corrected chi connectivity index (χ2v) is 7.95. The Morgan fingerprint density at radius 2 is 2.08 bits per heavy atom. The molecule has 0 aliphatic rings. The second-order valence-electron chi connectivity index (χ2n) is 5.33. The maximum atomic E-state index is 12.3. The van der Waals surface area contributed by atoms with E-state index in [1.54, 1.807) is 14.0 Å². The van der Waals surface area contributed by atoms with Crippen molar-refractivity contribution in [3.05, 3.63) is 35.3 Å². The molecule has 1 amide bonds. The molecule has 0 saturated heterocycles. The summed E-state index contributed by atoms with van der Waals surface area (Å²) in [5.41, 5.74) is 1.74. The van der Waals surface area contributed by atoms with E-state index in [1.807, 2.05) is 36.6 Å². The molecule has 7 heteroatoms. The van der Waals surface area contributed by atoms with Crippen LogP contribution in [0.3, 0.4) is 0 Å². The van der Waals surface area contributed by atoms with E-state index < -0.39 is 16.0 Å². The lowest BCUT2D eigenvalue weighted by molar-refractivity contribution is -0.120. The Bertz CT molecular complexity index is 698. The van der Waals surface area contributed by atoms with Crippen molar-refractivity contribution in [3.63, 3.8) is 0 Å². The number of rotatable bonds is 8. The summed E-state index contributed by atoms with van der Waals surface area (Å²) in [5.74, 6) is 0.914. The molecule has 0 unspecified atom stereocenters. The normalized spacial score (nSPS) is 13.3. The van der Waals surface area contributed by atoms with E-state index in [9.17, 15) is 9.00 Å². The van der Waals surface area contributed by atoms with Gasteiger partial charge in [0.25, 0.3) is 0 Å². The van der Waals surface area contributed by atoms with Gasteiger partial charge in [-0.15, -0.1) is 11.3 Å². The molecule has 130 valence electrons. The molecule has 5 nitrogen and oxygen atoms in total. The van der Waals surface area contributed by atoms with Gasteiger partial charge in [0.05, 0.1) is 18.6 Å². The van der Waals surface area contributed by atoms with Crippen molar-refractivity contribution in [2.75, 3.05) is 13.7 Å². The van der Waals surface area contributed by atoms with Crippen LogP contribution in [0.2, 0.25) is 0 Å². The number of nitrogens with zero attached hydrogens (tertiary/aromatic N) is 1. The number of nitrogens with one attached hydrogen (secondary N) is 1. The van der Waals surface area contributed by atoms with Crippen molar-refractivity contribution in [1.82, 2.24) is 10.3 Å². The van der Waals surface area contributed by atoms with E-state index >= 15 is 0 Å². The van der Waals surface area contributed by atoms with Crippen molar-refractivity contribution in [1.29, 1.82) is 0 Å². The molecule has 2 atom stereocenters. The third kappa shape index (κ3) is 4.88. The maximum absolute atomic E-state index is 12.3. The van der Waals surface area contributed by atoms with Gasteiger partial charge < -0.3 is 10.1 Å². The third-order valence-corrected chi connectivity index (χ3v) is 6.01. The molecule has 0 saturated carbocycles. The molecular weight excluding hydrogens is 344 g/mol. The Hall–Kier alpha value is -1.73. The van der Waals surface area contributed by atoms with Crippen LogP contribution in [0.5, 0.6) is 5.75 Å². The summed E-state index contributed by atoms with van der Waals surface area (Å²) >= 11 is 1.51. The summed E-state index contributed by atoms with van der Waals surface area (Å²) in [5, 5.41) is 5.01. The highest BCUT2D eigenvalue weighted by atomic mass is 32.2. The van der Waals surface area contributed by atoms with Crippen molar-refractivity contribution in [2.45, 2.75) is 31.3 Å². The monoisotopic (exact) mass is 366 g/mol. The Morgan fingerprint density at radius 1 is 1.38 bits per heavy atom. The van der Waals surface area contributed by atoms with Crippen molar-refractivity contribution in [3.8, 4) is 16.3 Å². The lowest BCUT2D eigenvalue weighted by Gasteiger charge is -2.10. The Labute approximate surface area is 148 Å². The lowest BCUT2D eigenvalue weighted by atomic mass is 10.2. The third-order valence-electron chi connectivity index (χ3n) is 3.49. The first-order chi connectivity index (χ1) is 11.5. The summed E-state index contributed by atoms with van der Waals surface area (Å²) in [4.78, 5) is 16.4. The highest BCUT2D eigenvalue weighted by Gasteiger charge is 2.20. The van der Waals surface area contributed by atoms with Crippen molar-refractivity contribution >= 4 is 28.0 Å². The highest BCUT2D eigenvalue weighted by Crippen LogP contribution is 2.26. The first-order valence-corrected chi connectivity index (χ1v) is 10.0. The van der Waals surface area contributed by atoms with Crippen LogP contribution in [-0.2, 0) is 21.3 Å². The highest BCUT2D eigenvalue weighted by molar-refractivity contribution is 7.85. The summed E-state index contributed by atoms with van der Waals surface area (Å²) in [7, 11) is 0.343. The smallest absolute Gasteiger partial charge is 0.235 e. The first-order valence-electron chi connectivity index (χ1n) is 7.78. The van der Waals surface area contributed by atoms with Crippen LogP contribution in [-0.4, -0.2) is 34.0 Å². The van der Waals surface area contributed by atoms with E-state index in [0.29, 0.717) is 6.54 Å². The quantitative estimate of drug-likeness (QED) is 0.780. The van der Waals surface area contributed by atoms with Crippen LogP contribution in [0.25, 0.3) is 10.6 Å². The zero-order valence-corrected chi connectivity index (χ0v) is 15.7. The minimum Gasteiger partial charge on any atom is -0.497 e. The predicted molar refractivity (Wildman–Crippen MR) is 98.7 cm³/mol. The number of thiazole rings is 1. The van der Waals surface area contributed by atoms with Gasteiger partial charge in [-0.1, -0.05) is 6.92 Å². The zero-order valence-electron chi connectivity index (χ0n) is 14.1. The van der Waals surface area contributed by atoms with Gasteiger partial charge >= 0.3 is 0 Å². The lowest BCUT2D eigenvalue weighted by Crippen LogP contribution is -2.36. The fourth-order valence-corrected chi connectivity index (χ4v) is 3.96. The molecule has 1 aromatic heterocycles. The molecule has 0 fully saturated rings. The summed E-state index contributed by atoms with van der Waals surface area (Å²) in [6, 6.07) is 7.65. The van der Waals surface area contributed by atoms with Crippen LogP contribution in [0, 0.1) is 0 Å². The van der Waals surface area contributed by atoms with Crippen molar-refractivity contribution < 1.29 is 13.7 Å². The standard InChI is InChI=1S/C17H22N2O3S2/c1-4-9-18-16(20)12(2)24(21)11-14-10-23-17(19-14)13-5-7-15(22-3)8-6-13/h5-8,10,12H,4,9,11H2,1-3H3,(H,18,20)/t12-,24-/m1/s1. The van der Waals surface area contributed by atoms with Crippen LogP contribution in [0.1, 0.15) is 26.0 Å². The molecule has 2 aromatic rings. The van der Waals surface area contributed by atoms with Gasteiger partial charge in [0.1, 0.15) is 16.0 Å². The topological polar surface area (TPSA) is 68.3 Å². The minimum absolute atomic E-state index is 0.166. The van der Waals surface area contributed by atoms with Gasteiger partial charge in [-0.25, -0.2) is 4.98 Å². The van der Waals surface area contributed by atoms with Gasteiger partial charge in [0.2, 0.25) is 5.91 Å². The van der Waals surface area contributed by atoms with Crippen LogP contribution >= 0.6 is 11.3 Å². The molecule has 0 radical (unpaired) electrons. The molecular formula is C17H22N2O3S2. The van der Waals surface area contributed by atoms with Crippen LogP contribution in [0.4, 0.5) is 0 Å². The molecule has 1 aromatic carbocycles. The molecule has 0 aliphatic carbocycles. The summed E-state index contributed by atoms with van der Waals surface area (Å²) in [6.45, 7) is 4.29. The number of carbonyl (C=O) groups is 1. The number of carbonyl (C=O) groups excluding carboxylic acids is 1. The SMILES string of the molecule is CCCNC(=O)[C@@H](C)[S@](=O)Cc1csc(-c2ccc(OC)cc2)n1. The van der Waals surface area contributed by atoms with Gasteiger partial charge in [-0.3, -0.25) is 9.00 Å². The van der Waals surface area contributed by atoms with E-state index in [1.165, 1.54) is 11.3 Å². The van der Waals surface area contributed by atoms with E-state index in [0.717, 1.165) is 28.4 Å². The second kappa shape index (κ2) is 8.94. The van der Waals surface area contributed by atoms with E-state index in [2.05, 4.69) is 10.3 Å². The van der Waals surface area contributed by atoms with Gasteiger partial charge in [0.15, 0.2) is 0 Å². The zero-order chi connectivity index (χ0) is 17.5. The number of ether oxygens (including phenoxy) is 1. The number of benzene rings is 1. The molecule has 1 N–H and O–H groups in total. The first kappa shape index (κ1) is 18.6. The Morgan fingerprint density at radius 3 is 2.71 bits per heavy atom. The summed E-state index contributed by atoms with van der Waals surface area (Å²) in [6.07, 6.45) is 0.863. The minimum atomic E-state index is -1.29. The maximum Gasteiger partial charge on any atom is 0.235 e. The van der Waals surface area contributed by atoms with Gasteiger partial charge in [-0.2, -0.15) is 0 Å². The molecule has 24 heavy (non-hydrogen) atoms. The number of aromatic nitrogens is 1. The average molecular weight is 367 g/mol. The number of methoxy groups -OCH3 is 1. The molecule has 0 spiro atoms. The van der Waals surface area contributed by atoms with Crippen LogP contribution in [0.15, 0.2) is 29.6 Å². The predicted octanol–water partition coefficient (Wildman–Crippen LogP) is 2.98. The molecule has 1 heterocycles. The van der Waals surface area contributed by atoms with Gasteiger partial charge in [0, 0.05) is 28.3 Å². The molecule has 2 rings (SSSR count). The summed E-state index contributed by atoms with van der Waals surface area (Å²) < 4.78 is 17.5. The van der Waals surface area contributed by atoms with E-state index in [4.69, 9.17) is 4.74 Å². The Balaban J connectivity index is 1.99. The largest absolute Gasteiger partial charge is 0.497 e. The fourth-order valence-electron chi connectivity index (χ4n) is 2.02.